The Hall–Kier alpha value is -1.12. The lowest BCUT2D eigenvalue weighted by atomic mass is 9.93. The van der Waals surface area contributed by atoms with Gasteiger partial charge in [-0.3, -0.25) is 0 Å². The molecule has 1 fully saturated rings. The van der Waals surface area contributed by atoms with Crippen molar-refractivity contribution in [2.24, 2.45) is 0 Å². The molecule has 2 heteroatoms. The number of benzene rings is 1. The van der Waals surface area contributed by atoms with Gasteiger partial charge < -0.3 is 9.84 Å². The fourth-order valence-electron chi connectivity index (χ4n) is 1.71. The summed E-state index contributed by atoms with van der Waals surface area (Å²) in [5.74, 6) is 0. The number of ether oxygens (including phenoxy) is 1. The number of rotatable bonds is 2. The van der Waals surface area contributed by atoms with Crippen molar-refractivity contribution in [1.29, 1.82) is 0 Å². The minimum Gasteiger partial charge on any atom is -0.386 e. The SMILES string of the molecule is OC1(/C=C/c2ccccc2)CCOCC1. The molecule has 0 saturated carbocycles. The van der Waals surface area contributed by atoms with Crippen LogP contribution in [0.15, 0.2) is 36.4 Å². The van der Waals surface area contributed by atoms with E-state index in [0.29, 0.717) is 26.1 Å². The van der Waals surface area contributed by atoms with Gasteiger partial charge in [0, 0.05) is 26.1 Å². The average molecular weight is 204 g/mol. The highest BCUT2D eigenvalue weighted by Gasteiger charge is 2.26. The van der Waals surface area contributed by atoms with Crippen molar-refractivity contribution < 1.29 is 9.84 Å². The Labute approximate surface area is 90.2 Å². The Balaban J connectivity index is 2.04. The molecule has 1 aromatic rings. The molecule has 80 valence electrons. The summed E-state index contributed by atoms with van der Waals surface area (Å²) in [6.07, 6.45) is 5.25. The quantitative estimate of drug-likeness (QED) is 0.800. The highest BCUT2D eigenvalue weighted by Crippen LogP contribution is 2.22. The van der Waals surface area contributed by atoms with Crippen LogP contribution >= 0.6 is 0 Å². The van der Waals surface area contributed by atoms with Gasteiger partial charge in [0.05, 0.1) is 5.60 Å². The first-order chi connectivity index (χ1) is 7.29. The fourth-order valence-corrected chi connectivity index (χ4v) is 1.71. The lowest BCUT2D eigenvalue weighted by Crippen LogP contribution is -2.33. The normalized spacial score (nSPS) is 20.6. The summed E-state index contributed by atoms with van der Waals surface area (Å²) >= 11 is 0. The molecule has 0 radical (unpaired) electrons. The maximum atomic E-state index is 10.2. The van der Waals surface area contributed by atoms with Crippen LogP contribution in [0.1, 0.15) is 18.4 Å². The largest absolute Gasteiger partial charge is 0.386 e. The summed E-state index contributed by atoms with van der Waals surface area (Å²) in [7, 11) is 0. The average Bonchev–Trinajstić information content (AvgIpc) is 2.29. The summed E-state index contributed by atoms with van der Waals surface area (Å²) in [5.41, 5.74) is 0.450. The van der Waals surface area contributed by atoms with Gasteiger partial charge in [-0.15, -0.1) is 0 Å². The molecule has 1 heterocycles. The number of aliphatic hydroxyl groups is 1. The summed E-state index contributed by atoms with van der Waals surface area (Å²) in [6, 6.07) is 10.0. The zero-order chi connectivity index (χ0) is 10.6. The van der Waals surface area contributed by atoms with Gasteiger partial charge in [0.1, 0.15) is 0 Å². The first-order valence-corrected chi connectivity index (χ1v) is 5.33. The van der Waals surface area contributed by atoms with Gasteiger partial charge in [-0.1, -0.05) is 42.5 Å². The van der Waals surface area contributed by atoms with Crippen LogP contribution in [0.2, 0.25) is 0 Å². The van der Waals surface area contributed by atoms with Crippen molar-refractivity contribution in [1.82, 2.24) is 0 Å². The molecule has 1 aliphatic rings. The lowest BCUT2D eigenvalue weighted by Gasteiger charge is -2.28. The van der Waals surface area contributed by atoms with E-state index in [1.54, 1.807) is 0 Å². The Bertz CT molecular complexity index is 324. The first-order valence-electron chi connectivity index (χ1n) is 5.33. The van der Waals surface area contributed by atoms with Crippen LogP contribution in [0, 0.1) is 0 Å². The molecule has 1 saturated heterocycles. The van der Waals surface area contributed by atoms with Crippen molar-refractivity contribution in [3.05, 3.63) is 42.0 Å². The highest BCUT2D eigenvalue weighted by molar-refractivity contribution is 5.50. The van der Waals surface area contributed by atoms with Gasteiger partial charge in [0.2, 0.25) is 0 Å². The smallest absolute Gasteiger partial charge is 0.0874 e. The van der Waals surface area contributed by atoms with Crippen LogP contribution in [0.4, 0.5) is 0 Å². The van der Waals surface area contributed by atoms with Crippen LogP contribution in [0.25, 0.3) is 6.08 Å². The van der Waals surface area contributed by atoms with Gasteiger partial charge in [-0.2, -0.15) is 0 Å². The third kappa shape index (κ3) is 2.91. The summed E-state index contributed by atoms with van der Waals surface area (Å²) in [5, 5.41) is 10.2. The maximum absolute atomic E-state index is 10.2. The second kappa shape index (κ2) is 4.60. The van der Waals surface area contributed by atoms with Crippen molar-refractivity contribution in [3.8, 4) is 0 Å². The lowest BCUT2D eigenvalue weighted by molar-refractivity contribution is -0.0317. The van der Waals surface area contributed by atoms with Gasteiger partial charge >= 0.3 is 0 Å². The van der Waals surface area contributed by atoms with Crippen molar-refractivity contribution >= 4 is 6.08 Å². The third-order valence-electron chi connectivity index (χ3n) is 2.74. The second-order valence-electron chi connectivity index (χ2n) is 3.96. The van der Waals surface area contributed by atoms with Gasteiger partial charge in [0.25, 0.3) is 0 Å². The Morgan fingerprint density at radius 2 is 1.80 bits per heavy atom. The Morgan fingerprint density at radius 3 is 2.47 bits per heavy atom. The molecule has 2 rings (SSSR count). The fraction of sp³-hybridized carbons (Fsp3) is 0.385. The van der Waals surface area contributed by atoms with Gasteiger partial charge in [0.15, 0.2) is 0 Å². The van der Waals surface area contributed by atoms with E-state index in [2.05, 4.69) is 0 Å². The molecule has 1 aliphatic heterocycles. The van der Waals surface area contributed by atoms with Crippen LogP contribution < -0.4 is 0 Å². The molecular weight excluding hydrogens is 188 g/mol. The maximum Gasteiger partial charge on any atom is 0.0874 e. The standard InChI is InChI=1S/C13H16O2/c14-13(8-10-15-11-9-13)7-6-12-4-2-1-3-5-12/h1-7,14H,8-11H2/b7-6+. The molecule has 0 spiro atoms. The third-order valence-corrected chi connectivity index (χ3v) is 2.74. The molecule has 0 aliphatic carbocycles. The Kier molecular flexibility index (Phi) is 3.19. The van der Waals surface area contributed by atoms with Gasteiger partial charge in [-0.25, -0.2) is 0 Å². The molecule has 1 aromatic carbocycles. The van der Waals surface area contributed by atoms with E-state index in [1.807, 2.05) is 42.5 Å². The van der Waals surface area contributed by atoms with E-state index in [9.17, 15) is 5.11 Å². The van der Waals surface area contributed by atoms with Crippen LogP contribution in [-0.4, -0.2) is 23.9 Å². The minimum atomic E-state index is -0.673. The van der Waals surface area contributed by atoms with E-state index in [0.717, 1.165) is 5.56 Å². The second-order valence-corrected chi connectivity index (χ2v) is 3.96. The highest BCUT2D eigenvalue weighted by atomic mass is 16.5. The molecule has 0 aromatic heterocycles. The molecule has 0 bridgehead atoms. The molecule has 1 N–H and O–H groups in total. The van der Waals surface area contributed by atoms with E-state index in [-0.39, 0.29) is 0 Å². The Morgan fingerprint density at radius 1 is 1.13 bits per heavy atom. The first kappa shape index (κ1) is 10.4. The molecular formula is C13H16O2. The van der Waals surface area contributed by atoms with E-state index < -0.39 is 5.60 Å². The number of hydrogen-bond acceptors (Lipinski definition) is 2. The van der Waals surface area contributed by atoms with Crippen molar-refractivity contribution in [3.63, 3.8) is 0 Å². The molecule has 0 amide bonds. The summed E-state index contributed by atoms with van der Waals surface area (Å²) in [4.78, 5) is 0. The summed E-state index contributed by atoms with van der Waals surface area (Å²) < 4.78 is 5.22. The predicted octanol–water partition coefficient (Wildman–Crippen LogP) is 2.24. The minimum absolute atomic E-state index is 0.648. The summed E-state index contributed by atoms with van der Waals surface area (Å²) in [6.45, 7) is 1.30. The van der Waals surface area contributed by atoms with E-state index >= 15 is 0 Å². The van der Waals surface area contributed by atoms with Crippen LogP contribution in [0.3, 0.4) is 0 Å². The monoisotopic (exact) mass is 204 g/mol. The van der Waals surface area contributed by atoms with E-state index in [1.165, 1.54) is 0 Å². The van der Waals surface area contributed by atoms with Crippen LogP contribution in [-0.2, 0) is 4.74 Å². The van der Waals surface area contributed by atoms with Crippen molar-refractivity contribution in [2.45, 2.75) is 18.4 Å². The number of hydrogen-bond donors (Lipinski definition) is 1. The predicted molar refractivity (Wildman–Crippen MR) is 60.5 cm³/mol. The van der Waals surface area contributed by atoms with Crippen LogP contribution in [0.5, 0.6) is 0 Å². The van der Waals surface area contributed by atoms with E-state index in [4.69, 9.17) is 4.74 Å². The van der Waals surface area contributed by atoms with Crippen molar-refractivity contribution in [2.75, 3.05) is 13.2 Å². The molecule has 15 heavy (non-hydrogen) atoms. The molecule has 0 unspecified atom stereocenters. The zero-order valence-corrected chi connectivity index (χ0v) is 8.73. The molecule has 0 atom stereocenters. The molecule has 2 nitrogen and oxygen atoms in total. The van der Waals surface area contributed by atoms with Gasteiger partial charge in [-0.05, 0) is 5.56 Å². The topological polar surface area (TPSA) is 29.5 Å². The zero-order valence-electron chi connectivity index (χ0n) is 8.73.